The fraction of sp³-hybridized carbons (Fsp3) is 0.357. The predicted molar refractivity (Wildman–Crippen MR) is 129 cm³/mol. The van der Waals surface area contributed by atoms with E-state index in [1.165, 1.54) is 12.1 Å². The second-order valence-electron chi connectivity index (χ2n) is 8.72. The Morgan fingerprint density at radius 2 is 1.71 bits per heavy atom. The number of unbranched alkanes of at least 4 members (excludes halogenated alkanes) is 1. The number of ether oxygens (including phenoxy) is 1. The Labute approximate surface area is 203 Å². The van der Waals surface area contributed by atoms with Crippen molar-refractivity contribution in [2.24, 2.45) is 0 Å². The van der Waals surface area contributed by atoms with Crippen LogP contribution < -0.4 is 4.74 Å². The number of halogens is 3. The Kier molecular flexibility index (Phi) is 8.54. The number of nitrogens with zero attached hydrogens (tertiary/aromatic N) is 1. The van der Waals surface area contributed by atoms with Gasteiger partial charge in [0.25, 0.3) is 0 Å². The average Bonchev–Trinajstić information content (AvgIpc) is 2.81. The minimum absolute atomic E-state index is 0.0683. The van der Waals surface area contributed by atoms with Gasteiger partial charge in [-0.1, -0.05) is 43.7 Å². The van der Waals surface area contributed by atoms with Gasteiger partial charge < -0.3 is 9.84 Å². The average molecular weight is 486 g/mol. The van der Waals surface area contributed by atoms with Crippen LogP contribution in [0.4, 0.5) is 13.2 Å². The number of aliphatic carboxylic acids is 1. The van der Waals surface area contributed by atoms with Gasteiger partial charge in [-0.15, -0.1) is 0 Å². The molecule has 1 atom stereocenters. The van der Waals surface area contributed by atoms with Gasteiger partial charge in [-0.25, -0.2) is 4.98 Å². The highest BCUT2D eigenvalue weighted by Crippen LogP contribution is 2.34. The number of carboxylic acids is 1. The van der Waals surface area contributed by atoms with E-state index in [0.717, 1.165) is 53.8 Å². The van der Waals surface area contributed by atoms with Crippen LogP contribution in [-0.4, -0.2) is 16.1 Å². The van der Waals surface area contributed by atoms with Crippen molar-refractivity contribution in [3.8, 4) is 17.0 Å². The maximum Gasteiger partial charge on any atom is 0.416 e. The molecule has 4 nitrogen and oxygen atoms in total. The summed E-state index contributed by atoms with van der Waals surface area (Å²) in [6.07, 6.45) is -1.56. The lowest BCUT2D eigenvalue weighted by Gasteiger charge is -2.22. The van der Waals surface area contributed by atoms with Gasteiger partial charge >= 0.3 is 12.1 Å². The predicted octanol–water partition coefficient (Wildman–Crippen LogP) is 7.71. The van der Waals surface area contributed by atoms with Gasteiger partial charge in [0.05, 0.1) is 17.0 Å². The third-order valence-electron chi connectivity index (χ3n) is 5.84. The van der Waals surface area contributed by atoms with Crippen molar-refractivity contribution in [3.05, 3.63) is 82.5 Å². The fourth-order valence-electron chi connectivity index (χ4n) is 4.04. The van der Waals surface area contributed by atoms with Gasteiger partial charge in [-0.2, -0.15) is 13.2 Å². The largest absolute Gasteiger partial charge is 0.484 e. The van der Waals surface area contributed by atoms with E-state index in [-0.39, 0.29) is 12.5 Å². The molecule has 0 amide bonds. The van der Waals surface area contributed by atoms with Crippen LogP contribution in [0.1, 0.15) is 66.7 Å². The molecule has 0 aliphatic carbocycles. The lowest BCUT2D eigenvalue weighted by molar-refractivity contribution is -0.138. The first-order valence-corrected chi connectivity index (χ1v) is 11.7. The third-order valence-corrected chi connectivity index (χ3v) is 5.84. The molecule has 186 valence electrons. The van der Waals surface area contributed by atoms with Crippen molar-refractivity contribution in [3.63, 3.8) is 0 Å². The topological polar surface area (TPSA) is 59.4 Å². The van der Waals surface area contributed by atoms with Crippen molar-refractivity contribution in [2.45, 2.75) is 65.2 Å². The second-order valence-corrected chi connectivity index (χ2v) is 8.72. The van der Waals surface area contributed by atoms with Crippen LogP contribution in [0.25, 0.3) is 11.3 Å². The molecule has 1 aromatic heterocycles. The maximum absolute atomic E-state index is 12.9. The van der Waals surface area contributed by atoms with E-state index in [0.29, 0.717) is 23.4 Å². The molecular formula is C28H30F3NO3. The van der Waals surface area contributed by atoms with E-state index in [1.54, 1.807) is 6.07 Å². The summed E-state index contributed by atoms with van der Waals surface area (Å²) in [5.41, 5.74) is 3.99. The Morgan fingerprint density at radius 1 is 1.06 bits per heavy atom. The van der Waals surface area contributed by atoms with E-state index in [4.69, 9.17) is 14.8 Å². The molecule has 3 rings (SSSR count). The molecule has 0 aliphatic heterocycles. The van der Waals surface area contributed by atoms with Gasteiger partial charge in [-0.3, -0.25) is 4.79 Å². The molecular weight excluding hydrogens is 455 g/mol. The molecule has 1 heterocycles. The van der Waals surface area contributed by atoms with E-state index in [2.05, 4.69) is 6.92 Å². The summed E-state index contributed by atoms with van der Waals surface area (Å²) >= 11 is 0. The van der Waals surface area contributed by atoms with Crippen LogP contribution in [0.15, 0.2) is 54.6 Å². The van der Waals surface area contributed by atoms with E-state index in [9.17, 15) is 18.0 Å². The summed E-state index contributed by atoms with van der Waals surface area (Å²) in [4.78, 5) is 15.7. The fourth-order valence-corrected chi connectivity index (χ4v) is 4.04. The number of aryl methyl sites for hydroxylation is 3. The maximum atomic E-state index is 12.9. The van der Waals surface area contributed by atoms with Crippen molar-refractivity contribution < 1.29 is 27.8 Å². The SMILES string of the molecule is CCCCC(Oc1c(C)cc(CCC(=O)O)cc1C)c1cccc(-c2ccc(C(F)(F)F)cc2)n1. The zero-order valence-corrected chi connectivity index (χ0v) is 20.2. The monoisotopic (exact) mass is 485 g/mol. The molecule has 0 aliphatic rings. The molecule has 2 aromatic carbocycles. The van der Waals surface area contributed by atoms with Gasteiger partial charge in [0.1, 0.15) is 11.9 Å². The van der Waals surface area contributed by atoms with Crippen LogP contribution in [0.2, 0.25) is 0 Å². The van der Waals surface area contributed by atoms with Gasteiger partial charge in [-0.05, 0) is 74.1 Å². The highest BCUT2D eigenvalue weighted by molar-refractivity contribution is 5.67. The molecule has 0 bridgehead atoms. The number of aromatic nitrogens is 1. The van der Waals surface area contributed by atoms with Crippen LogP contribution >= 0.6 is 0 Å². The van der Waals surface area contributed by atoms with Crippen molar-refractivity contribution in [2.75, 3.05) is 0 Å². The summed E-state index contributed by atoms with van der Waals surface area (Å²) in [6, 6.07) is 14.4. The number of alkyl halides is 3. The highest BCUT2D eigenvalue weighted by atomic mass is 19.4. The van der Waals surface area contributed by atoms with Gasteiger partial charge in [0.2, 0.25) is 0 Å². The Balaban J connectivity index is 1.88. The molecule has 35 heavy (non-hydrogen) atoms. The summed E-state index contributed by atoms with van der Waals surface area (Å²) < 4.78 is 45.3. The van der Waals surface area contributed by atoms with Crippen molar-refractivity contribution in [1.82, 2.24) is 4.98 Å². The number of hydrogen-bond acceptors (Lipinski definition) is 3. The molecule has 0 saturated carbocycles. The number of carboxylic acid groups (broad SMARTS) is 1. The molecule has 7 heteroatoms. The number of pyridine rings is 1. The summed E-state index contributed by atoms with van der Waals surface area (Å²) in [5, 5.41) is 8.97. The minimum atomic E-state index is -4.38. The summed E-state index contributed by atoms with van der Waals surface area (Å²) in [6.45, 7) is 5.97. The molecule has 0 spiro atoms. The Bertz CT molecular complexity index is 1130. The number of rotatable bonds is 10. The first kappa shape index (κ1) is 26.3. The molecule has 3 aromatic rings. The Hall–Kier alpha value is -3.35. The molecule has 1 unspecified atom stereocenters. The van der Waals surface area contributed by atoms with E-state index < -0.39 is 17.7 Å². The number of hydrogen-bond donors (Lipinski definition) is 1. The van der Waals surface area contributed by atoms with Gasteiger partial charge in [0.15, 0.2) is 0 Å². The van der Waals surface area contributed by atoms with Crippen molar-refractivity contribution in [1.29, 1.82) is 0 Å². The molecule has 0 saturated heterocycles. The molecule has 0 fully saturated rings. The van der Waals surface area contributed by atoms with Crippen molar-refractivity contribution >= 4 is 5.97 Å². The first-order chi connectivity index (χ1) is 16.6. The lowest BCUT2D eigenvalue weighted by Crippen LogP contribution is -2.12. The standard InChI is InChI=1S/C28H30F3NO3/c1-4-5-9-25(35-27-18(2)16-20(17-19(27)3)10-15-26(33)34)24-8-6-7-23(32-24)21-11-13-22(14-12-21)28(29,30)31/h6-8,11-14,16-17,25H,4-5,9-10,15H2,1-3H3,(H,33,34). The lowest BCUT2D eigenvalue weighted by atomic mass is 10.0. The van der Waals surface area contributed by atoms with E-state index >= 15 is 0 Å². The summed E-state index contributed by atoms with van der Waals surface area (Å²) in [7, 11) is 0. The normalized spacial score (nSPS) is 12.4. The zero-order valence-electron chi connectivity index (χ0n) is 20.2. The van der Waals surface area contributed by atoms with E-state index in [1.807, 2.05) is 38.1 Å². The van der Waals surface area contributed by atoms with Crippen LogP contribution in [0.3, 0.4) is 0 Å². The number of carbonyl (C=O) groups is 1. The molecule has 1 N–H and O–H groups in total. The van der Waals surface area contributed by atoms with Crippen LogP contribution in [0.5, 0.6) is 5.75 Å². The smallest absolute Gasteiger partial charge is 0.416 e. The Morgan fingerprint density at radius 3 is 2.29 bits per heavy atom. The molecule has 0 radical (unpaired) electrons. The second kappa shape index (κ2) is 11.4. The van der Waals surface area contributed by atoms with Crippen LogP contribution in [-0.2, 0) is 17.4 Å². The number of benzene rings is 2. The summed E-state index contributed by atoms with van der Waals surface area (Å²) in [5.74, 6) is -0.0915. The zero-order chi connectivity index (χ0) is 25.6. The van der Waals surface area contributed by atoms with Crippen LogP contribution in [0, 0.1) is 13.8 Å². The first-order valence-electron chi connectivity index (χ1n) is 11.7. The minimum Gasteiger partial charge on any atom is -0.484 e. The highest BCUT2D eigenvalue weighted by Gasteiger charge is 2.30. The third kappa shape index (κ3) is 7.07. The quantitative estimate of drug-likeness (QED) is 0.319. The van der Waals surface area contributed by atoms with Gasteiger partial charge in [0, 0.05) is 12.0 Å².